The highest BCUT2D eigenvalue weighted by atomic mass is 16.8. The predicted octanol–water partition coefficient (Wildman–Crippen LogP) is 2.76. The minimum absolute atomic E-state index is 0.0318. The summed E-state index contributed by atoms with van der Waals surface area (Å²) in [6.07, 6.45) is -16.2. The van der Waals surface area contributed by atoms with Gasteiger partial charge in [0, 0.05) is 11.5 Å². The summed E-state index contributed by atoms with van der Waals surface area (Å²) in [7, 11) is 0. The highest BCUT2D eigenvalue weighted by Gasteiger charge is 2.75. The molecule has 7 fully saturated rings. The number of allylic oxidation sites excluding steroid dienone is 4. The summed E-state index contributed by atoms with van der Waals surface area (Å²) in [5.74, 6) is -2.07. The second-order valence-corrected chi connectivity index (χ2v) is 27.7. The molecule has 0 aromatic heterocycles. The highest BCUT2D eigenvalue weighted by Crippen LogP contribution is 2.76. The number of rotatable bonds is 18. The molecule has 0 aromatic rings. The fraction of sp³-hybridized carbons (Fsp3) is 0.869. The van der Waals surface area contributed by atoms with E-state index in [0.29, 0.717) is 64.2 Å². The Morgan fingerprint density at radius 1 is 0.695 bits per heavy atom. The fourth-order valence-corrected chi connectivity index (χ4v) is 16.8. The molecule has 0 amide bonds. The van der Waals surface area contributed by atoms with E-state index in [9.17, 15) is 65.8 Å². The zero-order valence-electron chi connectivity index (χ0n) is 50.0. The van der Waals surface area contributed by atoms with Crippen molar-refractivity contribution in [2.45, 2.75) is 257 Å². The number of ether oxygens (including phenoxy) is 8. The quantitative estimate of drug-likeness (QED) is 0.0309. The summed E-state index contributed by atoms with van der Waals surface area (Å²) in [6, 6.07) is 0. The highest BCUT2D eigenvalue weighted by molar-refractivity contribution is 5.83. The normalized spacial score (nSPS) is 47.0. The van der Waals surface area contributed by atoms with Gasteiger partial charge in [0.15, 0.2) is 25.0 Å². The standard InChI is InChI=1S/C61H98O21/c1-12-13-23-75-52(74)49-47(80-53-44(69)42(67)35(28-63)77-53)46(71)48(81-54-45(70)43(68)41(66)34(27-62)76-54)55(82-49)79-38-20-21-58(9)36(57(38,7)8)19-22-59(10)37(58)18-17-32-33-25-56(5,6)26-39(61(33,29-64)51(73)50(72)60(32,59)11)78-40(65)24-31(4)16-14-15-30(2)3/h15,17,24,33-39,41-51,53-55,62-64,66-73H,12-14,16,18-23,25-29H2,1-11H3/b31-24-/t33-,34+,35+,36?,37?,38-,39-,41+,42+,43-,44-,45+,46-,47-,48+,49-,50-,51+,53-,54-,55+,58-,59+,60-,61+/m0/s1. The predicted molar refractivity (Wildman–Crippen MR) is 293 cm³/mol. The van der Waals surface area contributed by atoms with Crippen LogP contribution >= 0.6 is 0 Å². The summed E-state index contributed by atoms with van der Waals surface area (Å²) in [5.41, 5.74) is -1.45. The van der Waals surface area contributed by atoms with Crippen molar-refractivity contribution in [3.05, 3.63) is 34.9 Å². The average Bonchev–Trinajstić information content (AvgIpc) is 0.759. The van der Waals surface area contributed by atoms with Crippen molar-refractivity contribution in [1.82, 2.24) is 0 Å². The maximum absolute atomic E-state index is 14.1. The molecule has 3 saturated heterocycles. The Hall–Kier alpha value is -2.52. The van der Waals surface area contributed by atoms with E-state index >= 15 is 0 Å². The van der Waals surface area contributed by atoms with Crippen LogP contribution in [0, 0.1) is 50.2 Å². The maximum Gasteiger partial charge on any atom is 0.338 e. The van der Waals surface area contributed by atoms with Crippen molar-refractivity contribution in [3.63, 3.8) is 0 Å². The summed E-state index contributed by atoms with van der Waals surface area (Å²) in [5, 5.41) is 124. The molecule has 0 spiro atoms. The molecule has 11 N–H and O–H groups in total. The Bertz CT molecular complexity index is 2340. The van der Waals surface area contributed by atoms with Crippen LogP contribution in [0.1, 0.15) is 147 Å². The van der Waals surface area contributed by atoms with Gasteiger partial charge in [-0.1, -0.05) is 90.7 Å². The van der Waals surface area contributed by atoms with Gasteiger partial charge in [0.25, 0.3) is 0 Å². The minimum Gasteiger partial charge on any atom is -0.464 e. The number of aliphatic hydroxyl groups is 11. The summed E-state index contributed by atoms with van der Waals surface area (Å²) in [6.45, 7) is 20.8. The van der Waals surface area contributed by atoms with Crippen LogP contribution in [0.3, 0.4) is 0 Å². The number of aliphatic hydroxyl groups excluding tert-OH is 11. The number of hydrogen-bond donors (Lipinski definition) is 11. The van der Waals surface area contributed by atoms with E-state index in [1.807, 2.05) is 27.7 Å². The summed E-state index contributed by atoms with van der Waals surface area (Å²) in [4.78, 5) is 27.9. The fourth-order valence-electron chi connectivity index (χ4n) is 16.8. The van der Waals surface area contributed by atoms with Gasteiger partial charge in [0.05, 0.1) is 50.2 Å². The molecule has 82 heavy (non-hydrogen) atoms. The van der Waals surface area contributed by atoms with E-state index in [0.717, 1.165) is 17.6 Å². The minimum atomic E-state index is -1.96. The third kappa shape index (κ3) is 11.4. The van der Waals surface area contributed by atoms with Gasteiger partial charge in [-0.15, -0.1) is 0 Å². The van der Waals surface area contributed by atoms with Crippen LogP contribution in [0.4, 0.5) is 0 Å². The molecule has 0 bridgehead atoms. The van der Waals surface area contributed by atoms with Gasteiger partial charge in [0.2, 0.25) is 0 Å². The molecule has 8 rings (SSSR count). The number of esters is 2. The number of hydrogen-bond acceptors (Lipinski definition) is 21. The first-order valence-electron chi connectivity index (χ1n) is 30.0. The van der Waals surface area contributed by atoms with Crippen LogP contribution < -0.4 is 0 Å². The smallest absolute Gasteiger partial charge is 0.338 e. The summed E-state index contributed by atoms with van der Waals surface area (Å²) >= 11 is 0. The molecule has 8 aliphatic rings. The van der Waals surface area contributed by atoms with Crippen LogP contribution in [0.5, 0.6) is 0 Å². The molecule has 5 aliphatic carbocycles. The Morgan fingerprint density at radius 3 is 1.93 bits per heavy atom. The monoisotopic (exact) mass is 1170 g/mol. The van der Waals surface area contributed by atoms with E-state index in [1.54, 1.807) is 0 Å². The molecule has 468 valence electrons. The van der Waals surface area contributed by atoms with Crippen LogP contribution in [-0.2, 0) is 47.5 Å². The first-order chi connectivity index (χ1) is 38.4. The molecule has 0 radical (unpaired) electrons. The molecule has 0 aromatic carbocycles. The van der Waals surface area contributed by atoms with Crippen molar-refractivity contribution < 1.29 is 104 Å². The molecular formula is C61H98O21. The maximum atomic E-state index is 14.1. The lowest BCUT2D eigenvalue weighted by atomic mass is 9.32. The summed E-state index contributed by atoms with van der Waals surface area (Å²) < 4.78 is 49.2. The lowest BCUT2D eigenvalue weighted by Gasteiger charge is -2.73. The van der Waals surface area contributed by atoms with Gasteiger partial charge in [-0.2, -0.15) is 0 Å². The lowest BCUT2D eigenvalue weighted by molar-refractivity contribution is -0.383. The molecular weight excluding hydrogens is 1070 g/mol. The third-order valence-corrected chi connectivity index (χ3v) is 21.6. The van der Waals surface area contributed by atoms with Gasteiger partial charge in [-0.25, -0.2) is 9.59 Å². The van der Waals surface area contributed by atoms with Crippen molar-refractivity contribution in [2.75, 3.05) is 26.4 Å². The van der Waals surface area contributed by atoms with Gasteiger partial charge >= 0.3 is 11.9 Å². The first kappa shape index (κ1) is 65.5. The third-order valence-electron chi connectivity index (χ3n) is 21.6. The number of carbonyl (C=O) groups is 2. The van der Waals surface area contributed by atoms with Crippen molar-refractivity contribution in [3.8, 4) is 0 Å². The molecule has 3 aliphatic heterocycles. The van der Waals surface area contributed by atoms with Gasteiger partial charge in [-0.05, 0) is 124 Å². The Morgan fingerprint density at radius 2 is 1.32 bits per heavy atom. The second-order valence-electron chi connectivity index (χ2n) is 27.7. The first-order valence-corrected chi connectivity index (χ1v) is 30.0. The molecule has 3 heterocycles. The van der Waals surface area contributed by atoms with Crippen molar-refractivity contribution in [1.29, 1.82) is 0 Å². The van der Waals surface area contributed by atoms with Gasteiger partial charge in [-0.3, -0.25) is 0 Å². The van der Waals surface area contributed by atoms with Crippen LogP contribution in [0.15, 0.2) is 34.9 Å². The zero-order valence-corrected chi connectivity index (χ0v) is 50.0. The number of unbranched alkanes of at least 4 members (excludes halogenated alkanes) is 1. The largest absolute Gasteiger partial charge is 0.464 e. The van der Waals surface area contributed by atoms with E-state index in [1.165, 1.54) is 11.6 Å². The van der Waals surface area contributed by atoms with E-state index in [2.05, 4.69) is 60.6 Å². The van der Waals surface area contributed by atoms with Crippen LogP contribution in [-0.4, -0.2) is 205 Å². The second kappa shape index (κ2) is 24.9. The van der Waals surface area contributed by atoms with Gasteiger partial charge in [0.1, 0.15) is 67.1 Å². The Balaban J connectivity index is 1.10. The topological polar surface area (TPSA) is 331 Å². The molecule has 4 saturated carbocycles. The Kier molecular flexibility index (Phi) is 19.9. The number of carbonyl (C=O) groups excluding carboxylic acids is 2. The molecule has 21 nitrogen and oxygen atoms in total. The molecule has 21 heteroatoms. The van der Waals surface area contributed by atoms with Crippen molar-refractivity contribution in [2.24, 2.45) is 50.2 Å². The van der Waals surface area contributed by atoms with Crippen molar-refractivity contribution >= 4 is 11.9 Å². The van der Waals surface area contributed by atoms with E-state index in [4.69, 9.17) is 37.9 Å². The zero-order chi connectivity index (χ0) is 60.4. The van der Waals surface area contributed by atoms with Crippen LogP contribution in [0.2, 0.25) is 0 Å². The van der Waals surface area contributed by atoms with E-state index in [-0.39, 0.29) is 23.9 Å². The molecule has 25 atom stereocenters. The van der Waals surface area contributed by atoms with Crippen LogP contribution in [0.25, 0.3) is 0 Å². The molecule has 2 unspecified atom stereocenters. The number of fused-ring (bicyclic) bond motifs is 7. The lowest BCUT2D eigenvalue weighted by Crippen LogP contribution is -2.74. The Labute approximate surface area is 482 Å². The SMILES string of the molecule is CCCCOC(=O)[C@H]1O[C@@H](O[C@H]2CC[C@@]3(C)C(CC[C@]4(C)C3CC=C3[C@@H]5CC(C)(C)C[C@H](OC(=O)/C=C(/C)CCC=C(C)C)[C@]5(CO)[C@H](O)[C@H](O)[C@]34C)C2(C)C)[C@H](O[C@@H]2O[C@H](CO)[C@@H](O)[C@H](O)[C@H]2O)[C@@H](O)[C@@H]1O[C@@H]1O[C@H](CO)[C@@H](O)[C@@H]1O. The van der Waals surface area contributed by atoms with E-state index < -0.39 is 175 Å². The van der Waals surface area contributed by atoms with Gasteiger partial charge < -0.3 is 94.1 Å². The average molecular weight is 1170 g/mol.